The molecular weight excluding hydrogens is 218 g/mol. The molecule has 1 fully saturated rings. The van der Waals surface area contributed by atoms with Crippen molar-refractivity contribution in [1.29, 1.82) is 0 Å². The number of rotatable bonds is 4. The summed E-state index contributed by atoms with van der Waals surface area (Å²) in [5, 5.41) is 5.98. The molecule has 1 atom stereocenters. The standard InChI is InChI=1S/C12H17N3O2/c16-12(11-9-13-7-8-17-11)15-6-4-10-3-1-2-5-14-10/h1-3,5,11,13H,4,6-9H2,(H,15,16)/t11-/m0/s1. The number of hydrogen-bond acceptors (Lipinski definition) is 4. The summed E-state index contributed by atoms with van der Waals surface area (Å²) in [6, 6.07) is 5.77. The van der Waals surface area contributed by atoms with Gasteiger partial charge in [-0.1, -0.05) is 6.07 Å². The first-order chi connectivity index (χ1) is 8.36. The predicted molar refractivity (Wildman–Crippen MR) is 63.6 cm³/mol. The zero-order valence-corrected chi connectivity index (χ0v) is 9.69. The Hall–Kier alpha value is -1.46. The number of pyridine rings is 1. The van der Waals surface area contributed by atoms with Crippen molar-refractivity contribution in [3.8, 4) is 0 Å². The summed E-state index contributed by atoms with van der Waals surface area (Å²) in [5.74, 6) is -0.0480. The van der Waals surface area contributed by atoms with E-state index in [0.717, 1.165) is 18.7 Å². The van der Waals surface area contributed by atoms with E-state index in [1.54, 1.807) is 6.20 Å². The molecule has 0 spiro atoms. The molecule has 2 N–H and O–H groups in total. The number of carbonyl (C=O) groups is 1. The maximum Gasteiger partial charge on any atom is 0.250 e. The molecule has 5 nitrogen and oxygen atoms in total. The van der Waals surface area contributed by atoms with Gasteiger partial charge in [-0.05, 0) is 12.1 Å². The van der Waals surface area contributed by atoms with Crippen LogP contribution in [0.25, 0.3) is 0 Å². The summed E-state index contributed by atoms with van der Waals surface area (Å²) in [4.78, 5) is 15.9. The zero-order chi connectivity index (χ0) is 11.9. The van der Waals surface area contributed by atoms with Crippen LogP contribution < -0.4 is 10.6 Å². The topological polar surface area (TPSA) is 63.2 Å². The van der Waals surface area contributed by atoms with E-state index in [1.807, 2.05) is 18.2 Å². The van der Waals surface area contributed by atoms with Gasteiger partial charge >= 0.3 is 0 Å². The summed E-state index contributed by atoms with van der Waals surface area (Å²) in [6.07, 6.45) is 2.14. The van der Waals surface area contributed by atoms with Crippen molar-refractivity contribution in [1.82, 2.24) is 15.6 Å². The maximum atomic E-state index is 11.7. The monoisotopic (exact) mass is 235 g/mol. The molecule has 1 amide bonds. The molecule has 92 valence electrons. The first kappa shape index (κ1) is 12.0. The van der Waals surface area contributed by atoms with E-state index in [9.17, 15) is 4.79 Å². The fraction of sp³-hybridized carbons (Fsp3) is 0.500. The molecule has 2 rings (SSSR count). The fourth-order valence-electron chi connectivity index (χ4n) is 1.71. The lowest BCUT2D eigenvalue weighted by molar-refractivity contribution is -0.134. The van der Waals surface area contributed by atoms with Crippen LogP contribution in [-0.4, -0.2) is 43.2 Å². The van der Waals surface area contributed by atoms with Crippen LogP contribution in [-0.2, 0) is 16.0 Å². The summed E-state index contributed by atoms with van der Waals surface area (Å²) in [5.41, 5.74) is 0.982. The molecule has 0 bridgehead atoms. The van der Waals surface area contributed by atoms with Crippen molar-refractivity contribution < 1.29 is 9.53 Å². The van der Waals surface area contributed by atoms with Crippen LogP contribution in [0.3, 0.4) is 0 Å². The Bertz CT molecular complexity index is 350. The Balaban J connectivity index is 1.69. The molecule has 1 aromatic rings. The van der Waals surface area contributed by atoms with Gasteiger partial charge in [-0.2, -0.15) is 0 Å². The number of hydrogen-bond donors (Lipinski definition) is 2. The number of ether oxygens (including phenoxy) is 1. The molecule has 1 aliphatic rings. The van der Waals surface area contributed by atoms with Crippen LogP contribution in [0, 0.1) is 0 Å². The van der Waals surface area contributed by atoms with Crippen LogP contribution >= 0.6 is 0 Å². The molecule has 0 radical (unpaired) electrons. The van der Waals surface area contributed by atoms with Crippen molar-refractivity contribution in [3.05, 3.63) is 30.1 Å². The highest BCUT2D eigenvalue weighted by atomic mass is 16.5. The third-order valence-corrected chi connectivity index (χ3v) is 2.63. The van der Waals surface area contributed by atoms with Gasteiger partial charge in [0.25, 0.3) is 0 Å². The number of nitrogens with zero attached hydrogens (tertiary/aromatic N) is 1. The van der Waals surface area contributed by atoms with Crippen LogP contribution in [0.5, 0.6) is 0 Å². The summed E-state index contributed by atoms with van der Waals surface area (Å²) < 4.78 is 5.35. The highest BCUT2D eigenvalue weighted by molar-refractivity contribution is 5.81. The van der Waals surface area contributed by atoms with E-state index < -0.39 is 0 Å². The minimum atomic E-state index is -0.354. The largest absolute Gasteiger partial charge is 0.366 e. The predicted octanol–water partition coefficient (Wildman–Crippen LogP) is -0.271. The van der Waals surface area contributed by atoms with Gasteiger partial charge in [0.05, 0.1) is 6.61 Å². The van der Waals surface area contributed by atoms with Crippen molar-refractivity contribution in [2.75, 3.05) is 26.2 Å². The molecule has 1 aliphatic heterocycles. The zero-order valence-electron chi connectivity index (χ0n) is 9.69. The van der Waals surface area contributed by atoms with Gasteiger partial charge < -0.3 is 15.4 Å². The van der Waals surface area contributed by atoms with Gasteiger partial charge in [0.1, 0.15) is 6.10 Å². The molecule has 1 saturated heterocycles. The summed E-state index contributed by atoms with van der Waals surface area (Å²) in [7, 11) is 0. The highest BCUT2D eigenvalue weighted by Crippen LogP contribution is 1.97. The molecule has 0 unspecified atom stereocenters. The van der Waals surface area contributed by atoms with E-state index in [0.29, 0.717) is 19.7 Å². The quantitative estimate of drug-likeness (QED) is 0.754. The lowest BCUT2D eigenvalue weighted by atomic mass is 10.2. The van der Waals surface area contributed by atoms with E-state index in [-0.39, 0.29) is 12.0 Å². The first-order valence-electron chi connectivity index (χ1n) is 5.86. The summed E-state index contributed by atoms with van der Waals surface area (Å²) >= 11 is 0. The molecule has 0 saturated carbocycles. The Morgan fingerprint density at radius 1 is 1.59 bits per heavy atom. The molecule has 0 aromatic carbocycles. The Kier molecular flexibility index (Phi) is 4.46. The lowest BCUT2D eigenvalue weighted by Crippen LogP contribution is -2.48. The average molecular weight is 235 g/mol. The Labute approximate surface area is 101 Å². The highest BCUT2D eigenvalue weighted by Gasteiger charge is 2.20. The molecule has 5 heteroatoms. The normalized spacial score (nSPS) is 19.9. The smallest absolute Gasteiger partial charge is 0.250 e. The van der Waals surface area contributed by atoms with Gasteiger partial charge in [0, 0.05) is 37.9 Å². The number of amides is 1. The van der Waals surface area contributed by atoms with Crippen molar-refractivity contribution >= 4 is 5.91 Å². The molecule has 0 aliphatic carbocycles. The molecule has 1 aromatic heterocycles. The summed E-state index contributed by atoms with van der Waals surface area (Å²) in [6.45, 7) is 2.60. The third kappa shape index (κ3) is 3.80. The van der Waals surface area contributed by atoms with Crippen LogP contribution in [0.1, 0.15) is 5.69 Å². The SMILES string of the molecule is O=C(NCCc1ccccn1)[C@@H]1CNCCO1. The van der Waals surface area contributed by atoms with Gasteiger partial charge in [-0.25, -0.2) is 0 Å². The van der Waals surface area contributed by atoms with Gasteiger partial charge in [-0.15, -0.1) is 0 Å². The number of nitrogens with one attached hydrogen (secondary N) is 2. The van der Waals surface area contributed by atoms with Crippen LogP contribution in [0.2, 0.25) is 0 Å². The van der Waals surface area contributed by atoms with Crippen molar-refractivity contribution in [2.45, 2.75) is 12.5 Å². The Morgan fingerprint density at radius 2 is 2.53 bits per heavy atom. The van der Waals surface area contributed by atoms with Gasteiger partial charge in [0.2, 0.25) is 5.91 Å². The van der Waals surface area contributed by atoms with Gasteiger partial charge in [0.15, 0.2) is 0 Å². The minimum absolute atomic E-state index is 0.0480. The Morgan fingerprint density at radius 3 is 3.24 bits per heavy atom. The first-order valence-corrected chi connectivity index (χ1v) is 5.86. The number of carbonyl (C=O) groups excluding carboxylic acids is 1. The second kappa shape index (κ2) is 6.32. The van der Waals surface area contributed by atoms with E-state index in [1.165, 1.54) is 0 Å². The van der Waals surface area contributed by atoms with E-state index >= 15 is 0 Å². The molecule has 2 heterocycles. The van der Waals surface area contributed by atoms with Crippen molar-refractivity contribution in [2.24, 2.45) is 0 Å². The second-order valence-electron chi connectivity index (χ2n) is 3.93. The van der Waals surface area contributed by atoms with E-state index in [2.05, 4.69) is 15.6 Å². The fourth-order valence-corrected chi connectivity index (χ4v) is 1.71. The number of aromatic nitrogens is 1. The van der Waals surface area contributed by atoms with Crippen LogP contribution in [0.15, 0.2) is 24.4 Å². The lowest BCUT2D eigenvalue weighted by Gasteiger charge is -2.22. The molecular formula is C12H17N3O2. The average Bonchev–Trinajstić information content (AvgIpc) is 2.41. The van der Waals surface area contributed by atoms with E-state index in [4.69, 9.17) is 4.74 Å². The van der Waals surface area contributed by atoms with Crippen LogP contribution in [0.4, 0.5) is 0 Å². The maximum absolute atomic E-state index is 11.7. The number of morpholine rings is 1. The van der Waals surface area contributed by atoms with Crippen molar-refractivity contribution in [3.63, 3.8) is 0 Å². The third-order valence-electron chi connectivity index (χ3n) is 2.63. The minimum Gasteiger partial charge on any atom is -0.366 e. The molecule has 17 heavy (non-hydrogen) atoms. The second-order valence-corrected chi connectivity index (χ2v) is 3.93. The van der Waals surface area contributed by atoms with Gasteiger partial charge in [-0.3, -0.25) is 9.78 Å².